The second-order valence-electron chi connectivity index (χ2n) is 8.48. The SMILES string of the molecule is CC(CCOC(=O)OCOC(=O)C1=Cc2cc(Cl)c(C(C)(C)C)cc2OC1C(F)(F)F)O[N+](=O)[O-]. The number of benzene rings is 1. The van der Waals surface area contributed by atoms with Gasteiger partial charge in [0.1, 0.15) is 11.9 Å². The lowest BCUT2D eigenvalue weighted by molar-refractivity contribution is -0.767. The Hall–Kier alpha value is -3.22. The van der Waals surface area contributed by atoms with E-state index < -0.39 is 53.4 Å². The van der Waals surface area contributed by atoms with E-state index in [4.69, 9.17) is 16.3 Å². The molecule has 0 amide bonds. The Bertz CT molecular complexity index is 1000. The summed E-state index contributed by atoms with van der Waals surface area (Å²) in [5, 5.41) is 9.45. The fraction of sp³-hybridized carbons (Fsp3) is 0.524. The third-order valence-corrected chi connectivity index (χ3v) is 4.97. The van der Waals surface area contributed by atoms with Crippen LogP contribution in [-0.4, -0.2) is 49.0 Å². The average Bonchev–Trinajstić information content (AvgIpc) is 2.70. The smallest absolute Gasteiger partial charge is 0.475 e. The second-order valence-corrected chi connectivity index (χ2v) is 8.89. The van der Waals surface area contributed by atoms with Crippen molar-refractivity contribution in [1.82, 2.24) is 0 Å². The lowest BCUT2D eigenvalue weighted by atomic mass is 9.85. The molecule has 1 heterocycles. The van der Waals surface area contributed by atoms with Gasteiger partial charge in [0, 0.05) is 17.0 Å². The fourth-order valence-electron chi connectivity index (χ4n) is 2.97. The summed E-state index contributed by atoms with van der Waals surface area (Å²) in [6.45, 7) is 5.49. The molecule has 0 N–H and O–H groups in total. The minimum absolute atomic E-state index is 0.0355. The summed E-state index contributed by atoms with van der Waals surface area (Å²) in [5.74, 6) is -1.54. The summed E-state index contributed by atoms with van der Waals surface area (Å²) in [6.07, 6.45) is -8.82. The van der Waals surface area contributed by atoms with Crippen molar-refractivity contribution < 1.29 is 51.6 Å². The van der Waals surface area contributed by atoms with Crippen molar-refractivity contribution in [3.63, 3.8) is 0 Å². The van der Waals surface area contributed by atoms with E-state index in [1.165, 1.54) is 19.1 Å². The molecule has 0 bridgehead atoms. The van der Waals surface area contributed by atoms with Gasteiger partial charge in [0.2, 0.25) is 12.9 Å². The molecule has 14 heteroatoms. The number of nitrogens with zero attached hydrogens (tertiary/aromatic N) is 1. The highest BCUT2D eigenvalue weighted by Gasteiger charge is 2.49. The standard InChI is InChI=1S/C21H23ClF3NO9/c1-11(35-26(29)30)5-6-31-19(28)33-10-32-18(27)13-7-12-8-15(22)14(20(2,3)4)9-16(12)34-17(13)21(23,24)25/h7-9,11,17H,5-6,10H2,1-4H3. The van der Waals surface area contributed by atoms with Crippen LogP contribution in [0, 0.1) is 10.1 Å². The molecule has 0 fully saturated rings. The highest BCUT2D eigenvalue weighted by molar-refractivity contribution is 6.31. The number of carbonyl (C=O) groups excluding carboxylic acids is 2. The number of fused-ring (bicyclic) bond motifs is 1. The highest BCUT2D eigenvalue weighted by atomic mass is 35.5. The van der Waals surface area contributed by atoms with Crippen molar-refractivity contribution in [1.29, 1.82) is 0 Å². The molecule has 10 nitrogen and oxygen atoms in total. The van der Waals surface area contributed by atoms with E-state index in [-0.39, 0.29) is 29.4 Å². The quantitative estimate of drug-likeness (QED) is 0.200. The van der Waals surface area contributed by atoms with Gasteiger partial charge in [0.25, 0.3) is 5.09 Å². The van der Waals surface area contributed by atoms with Gasteiger partial charge >= 0.3 is 18.3 Å². The van der Waals surface area contributed by atoms with Gasteiger partial charge in [-0.1, -0.05) is 32.4 Å². The number of rotatable bonds is 8. The summed E-state index contributed by atoms with van der Waals surface area (Å²) in [5.41, 5.74) is -0.645. The Labute approximate surface area is 203 Å². The van der Waals surface area contributed by atoms with Gasteiger partial charge in [-0.3, -0.25) is 0 Å². The van der Waals surface area contributed by atoms with Crippen molar-refractivity contribution in [2.24, 2.45) is 0 Å². The largest absolute Gasteiger partial charge is 0.511 e. The number of hydrogen-bond acceptors (Lipinski definition) is 9. The Morgan fingerprint density at radius 3 is 2.43 bits per heavy atom. The first kappa shape index (κ1) is 28.0. The maximum atomic E-state index is 13.6. The molecule has 0 spiro atoms. The number of esters is 1. The predicted octanol–water partition coefficient (Wildman–Crippen LogP) is 4.99. The van der Waals surface area contributed by atoms with Gasteiger partial charge in [-0.25, -0.2) is 9.59 Å². The lowest BCUT2D eigenvalue weighted by Crippen LogP contribution is -2.41. The number of ether oxygens (including phenoxy) is 4. The van der Waals surface area contributed by atoms with Gasteiger partial charge < -0.3 is 23.8 Å². The molecular weight excluding hydrogens is 503 g/mol. The molecule has 1 aliphatic rings. The first-order valence-electron chi connectivity index (χ1n) is 10.2. The number of carbonyl (C=O) groups is 2. The van der Waals surface area contributed by atoms with Crippen molar-refractivity contribution in [2.45, 2.75) is 57.9 Å². The van der Waals surface area contributed by atoms with Crippen LogP contribution in [0.3, 0.4) is 0 Å². The predicted molar refractivity (Wildman–Crippen MR) is 114 cm³/mol. The molecule has 0 saturated carbocycles. The van der Waals surface area contributed by atoms with Gasteiger partial charge in [0.05, 0.1) is 12.2 Å². The normalized spacial score (nSPS) is 16.2. The van der Waals surface area contributed by atoms with Crippen LogP contribution in [0.15, 0.2) is 17.7 Å². The van der Waals surface area contributed by atoms with Crippen molar-refractivity contribution in [3.8, 4) is 5.75 Å². The van der Waals surface area contributed by atoms with Crippen LogP contribution < -0.4 is 4.74 Å². The third-order valence-electron chi connectivity index (χ3n) is 4.66. The Morgan fingerprint density at radius 1 is 1.20 bits per heavy atom. The molecule has 2 rings (SSSR count). The van der Waals surface area contributed by atoms with Gasteiger partial charge in [-0.05, 0) is 36.1 Å². The molecule has 0 saturated heterocycles. The first-order valence-corrected chi connectivity index (χ1v) is 10.5. The minimum atomic E-state index is -4.95. The maximum Gasteiger partial charge on any atom is 0.511 e. The molecule has 2 unspecified atom stereocenters. The average molecular weight is 526 g/mol. The van der Waals surface area contributed by atoms with E-state index in [0.717, 1.165) is 6.08 Å². The van der Waals surface area contributed by atoms with Crippen LogP contribution in [0.25, 0.3) is 6.08 Å². The zero-order valence-corrected chi connectivity index (χ0v) is 19.9. The molecule has 0 aromatic heterocycles. The van der Waals surface area contributed by atoms with E-state index in [0.29, 0.717) is 5.56 Å². The molecule has 0 radical (unpaired) electrons. The lowest BCUT2D eigenvalue weighted by Gasteiger charge is -2.30. The Kier molecular flexibility index (Phi) is 8.82. The number of halogens is 4. The van der Waals surface area contributed by atoms with E-state index in [1.54, 1.807) is 0 Å². The summed E-state index contributed by atoms with van der Waals surface area (Å²) in [4.78, 5) is 38.2. The summed E-state index contributed by atoms with van der Waals surface area (Å²) in [6, 6.07) is 2.78. The van der Waals surface area contributed by atoms with Gasteiger partial charge in [0.15, 0.2) is 0 Å². The molecule has 194 valence electrons. The van der Waals surface area contributed by atoms with Crippen molar-refractivity contribution >= 4 is 29.8 Å². The van der Waals surface area contributed by atoms with Gasteiger partial charge in [-0.15, -0.1) is 10.1 Å². The fourth-order valence-corrected chi connectivity index (χ4v) is 3.42. The second kappa shape index (κ2) is 11.0. The van der Waals surface area contributed by atoms with Crippen LogP contribution in [0.2, 0.25) is 5.02 Å². The molecule has 1 aliphatic heterocycles. The summed E-state index contributed by atoms with van der Waals surface area (Å²) < 4.78 is 59.7. The van der Waals surface area contributed by atoms with Crippen LogP contribution in [-0.2, 0) is 29.3 Å². The van der Waals surface area contributed by atoms with Crippen LogP contribution >= 0.6 is 11.6 Å². The maximum absolute atomic E-state index is 13.6. The Balaban J connectivity index is 2.05. The topological polar surface area (TPSA) is 123 Å². The minimum Gasteiger partial charge on any atom is -0.475 e. The van der Waals surface area contributed by atoms with Crippen molar-refractivity contribution in [3.05, 3.63) is 44.0 Å². The first-order chi connectivity index (χ1) is 16.1. The zero-order valence-electron chi connectivity index (χ0n) is 19.1. The van der Waals surface area contributed by atoms with Crippen LogP contribution in [0.1, 0.15) is 45.2 Å². The molecule has 0 aliphatic carbocycles. The van der Waals surface area contributed by atoms with Crippen LogP contribution in [0.5, 0.6) is 5.75 Å². The van der Waals surface area contributed by atoms with Crippen LogP contribution in [0.4, 0.5) is 18.0 Å². The number of hydrogen-bond donors (Lipinski definition) is 0. The molecule has 2 atom stereocenters. The van der Waals surface area contributed by atoms with E-state index in [1.807, 2.05) is 20.8 Å². The number of alkyl halides is 3. The summed E-state index contributed by atoms with van der Waals surface area (Å²) >= 11 is 6.27. The van der Waals surface area contributed by atoms with E-state index >= 15 is 0 Å². The summed E-state index contributed by atoms with van der Waals surface area (Å²) in [7, 11) is 0. The van der Waals surface area contributed by atoms with E-state index in [2.05, 4.69) is 19.0 Å². The molecule has 1 aromatic carbocycles. The highest BCUT2D eigenvalue weighted by Crippen LogP contribution is 2.42. The molecular formula is C21H23ClF3NO9. The van der Waals surface area contributed by atoms with E-state index in [9.17, 15) is 32.9 Å². The van der Waals surface area contributed by atoms with Gasteiger partial charge in [-0.2, -0.15) is 13.2 Å². The molecule has 1 aromatic rings. The monoisotopic (exact) mass is 525 g/mol. The van der Waals surface area contributed by atoms with Crippen molar-refractivity contribution in [2.75, 3.05) is 13.4 Å². The Morgan fingerprint density at radius 2 is 1.86 bits per heavy atom. The third kappa shape index (κ3) is 7.91. The zero-order chi connectivity index (χ0) is 26.6. The molecule has 35 heavy (non-hydrogen) atoms.